The molecule has 0 amide bonds. The highest BCUT2D eigenvalue weighted by Gasteiger charge is 2.30. The summed E-state index contributed by atoms with van der Waals surface area (Å²) in [4.78, 5) is 22.7. The fourth-order valence-corrected chi connectivity index (χ4v) is 4.19. The predicted octanol–water partition coefficient (Wildman–Crippen LogP) is 2.41. The number of nitro groups is 1. The van der Waals surface area contributed by atoms with Crippen molar-refractivity contribution in [1.82, 2.24) is 4.72 Å². The standard InChI is InChI=1S/C20H22N2O8S/c1-13(2)19(20(23)30-12-14-3-5-15(6-4-14)22(24)25)21-31(26,27)16-7-8-17-18(11-16)29-10-9-28-17/h3-8,11,13,19,21H,9-10,12H2,1-2H3/t19-/m1/s1. The molecule has 0 aromatic heterocycles. The van der Waals surface area contributed by atoms with E-state index in [1.54, 1.807) is 13.8 Å². The van der Waals surface area contributed by atoms with E-state index in [0.29, 0.717) is 30.3 Å². The Labute approximate surface area is 179 Å². The second-order valence-corrected chi connectivity index (χ2v) is 8.89. The molecule has 0 saturated carbocycles. The molecule has 0 spiro atoms. The molecule has 1 N–H and O–H groups in total. The maximum atomic E-state index is 12.8. The summed E-state index contributed by atoms with van der Waals surface area (Å²) in [6, 6.07) is 8.62. The first-order chi connectivity index (χ1) is 14.7. The number of esters is 1. The van der Waals surface area contributed by atoms with Crippen LogP contribution in [0.15, 0.2) is 47.4 Å². The fraction of sp³-hybridized carbons (Fsp3) is 0.350. The minimum Gasteiger partial charge on any atom is -0.486 e. The van der Waals surface area contributed by atoms with E-state index in [9.17, 15) is 23.3 Å². The number of sulfonamides is 1. The fourth-order valence-electron chi connectivity index (χ4n) is 2.84. The monoisotopic (exact) mass is 450 g/mol. The summed E-state index contributed by atoms with van der Waals surface area (Å²) in [7, 11) is -4.04. The van der Waals surface area contributed by atoms with Crippen molar-refractivity contribution in [2.75, 3.05) is 13.2 Å². The van der Waals surface area contributed by atoms with E-state index in [0.717, 1.165) is 0 Å². The normalized spacial score (nSPS) is 14.2. The molecule has 1 heterocycles. The molecule has 0 fully saturated rings. The molecule has 0 unspecified atom stereocenters. The number of hydrogen-bond acceptors (Lipinski definition) is 8. The summed E-state index contributed by atoms with van der Waals surface area (Å²) in [6.07, 6.45) is 0. The summed E-state index contributed by atoms with van der Waals surface area (Å²) in [5.41, 5.74) is 0.457. The summed E-state index contributed by atoms with van der Waals surface area (Å²) >= 11 is 0. The van der Waals surface area contributed by atoms with E-state index in [4.69, 9.17) is 14.2 Å². The Balaban J connectivity index is 1.69. The van der Waals surface area contributed by atoms with Gasteiger partial charge in [-0.05, 0) is 35.7 Å². The highest BCUT2D eigenvalue weighted by molar-refractivity contribution is 7.89. The van der Waals surface area contributed by atoms with Crippen molar-refractivity contribution in [2.45, 2.75) is 31.4 Å². The first-order valence-electron chi connectivity index (χ1n) is 9.49. The van der Waals surface area contributed by atoms with Crippen molar-refractivity contribution in [2.24, 2.45) is 5.92 Å². The van der Waals surface area contributed by atoms with Gasteiger partial charge in [0.25, 0.3) is 5.69 Å². The second kappa shape index (κ2) is 9.31. The average molecular weight is 450 g/mol. The molecule has 0 bridgehead atoms. The molecule has 1 aliphatic rings. The van der Waals surface area contributed by atoms with E-state index in [2.05, 4.69) is 4.72 Å². The van der Waals surface area contributed by atoms with Gasteiger partial charge in [-0.3, -0.25) is 14.9 Å². The number of carbonyl (C=O) groups is 1. The minimum absolute atomic E-state index is 0.0643. The van der Waals surface area contributed by atoms with Crippen LogP contribution in [0.4, 0.5) is 5.69 Å². The summed E-state index contributed by atoms with van der Waals surface area (Å²) in [5, 5.41) is 10.7. The van der Waals surface area contributed by atoms with Gasteiger partial charge in [-0.1, -0.05) is 13.8 Å². The van der Waals surface area contributed by atoms with Gasteiger partial charge in [0.1, 0.15) is 25.9 Å². The molecule has 31 heavy (non-hydrogen) atoms. The highest BCUT2D eigenvalue weighted by atomic mass is 32.2. The molecule has 166 valence electrons. The van der Waals surface area contributed by atoms with Gasteiger partial charge in [0.15, 0.2) is 11.5 Å². The van der Waals surface area contributed by atoms with E-state index in [1.165, 1.54) is 42.5 Å². The van der Waals surface area contributed by atoms with Gasteiger partial charge in [0.05, 0.1) is 9.82 Å². The first kappa shape index (κ1) is 22.5. The number of rotatable bonds is 8. The molecular formula is C20H22N2O8S. The summed E-state index contributed by atoms with van der Waals surface area (Å²) in [5.74, 6) is -0.380. The molecule has 10 nitrogen and oxygen atoms in total. The molecule has 2 aromatic rings. The van der Waals surface area contributed by atoms with E-state index < -0.39 is 32.9 Å². The Morgan fingerprint density at radius 2 is 1.77 bits per heavy atom. The Morgan fingerprint density at radius 1 is 1.13 bits per heavy atom. The zero-order valence-electron chi connectivity index (χ0n) is 16.9. The third kappa shape index (κ3) is 5.50. The molecule has 2 aromatic carbocycles. The quantitative estimate of drug-likeness (QED) is 0.368. The maximum absolute atomic E-state index is 12.8. The number of ether oxygens (including phenoxy) is 3. The van der Waals surface area contributed by atoms with Gasteiger partial charge < -0.3 is 14.2 Å². The zero-order chi connectivity index (χ0) is 22.6. The Morgan fingerprint density at radius 3 is 2.39 bits per heavy atom. The number of hydrogen-bond donors (Lipinski definition) is 1. The van der Waals surface area contributed by atoms with Gasteiger partial charge >= 0.3 is 5.97 Å². The lowest BCUT2D eigenvalue weighted by Crippen LogP contribution is -2.45. The smallest absolute Gasteiger partial charge is 0.324 e. The van der Waals surface area contributed by atoms with Crippen LogP contribution in [0, 0.1) is 16.0 Å². The number of fused-ring (bicyclic) bond motifs is 1. The lowest BCUT2D eigenvalue weighted by Gasteiger charge is -2.22. The second-order valence-electron chi connectivity index (χ2n) is 7.18. The number of nitrogens with one attached hydrogen (secondary N) is 1. The highest BCUT2D eigenvalue weighted by Crippen LogP contribution is 2.32. The van der Waals surface area contributed by atoms with Crippen LogP contribution in [0.3, 0.4) is 0 Å². The minimum atomic E-state index is -4.04. The molecule has 11 heteroatoms. The molecular weight excluding hydrogens is 428 g/mol. The van der Waals surface area contributed by atoms with Gasteiger partial charge in [-0.25, -0.2) is 8.42 Å². The average Bonchev–Trinajstić information content (AvgIpc) is 2.75. The van der Waals surface area contributed by atoms with Crippen LogP contribution in [0.5, 0.6) is 11.5 Å². The Hall–Kier alpha value is -3.18. The van der Waals surface area contributed by atoms with Gasteiger partial charge in [0, 0.05) is 18.2 Å². The van der Waals surface area contributed by atoms with Crippen LogP contribution >= 0.6 is 0 Å². The van der Waals surface area contributed by atoms with Gasteiger partial charge in [-0.15, -0.1) is 0 Å². The largest absolute Gasteiger partial charge is 0.486 e. The number of nitrogens with zero attached hydrogens (tertiary/aromatic N) is 1. The summed E-state index contributed by atoms with van der Waals surface area (Å²) < 4.78 is 44.1. The van der Waals surface area contributed by atoms with E-state index in [1.807, 2.05) is 0 Å². The van der Waals surface area contributed by atoms with Crippen LogP contribution in [0.25, 0.3) is 0 Å². The van der Waals surface area contributed by atoms with Crippen molar-refractivity contribution in [3.05, 3.63) is 58.1 Å². The SMILES string of the molecule is CC(C)[C@@H](NS(=O)(=O)c1ccc2c(c1)OCCO2)C(=O)OCc1ccc([N+](=O)[O-])cc1. The van der Waals surface area contributed by atoms with Crippen molar-refractivity contribution in [1.29, 1.82) is 0 Å². The van der Waals surface area contributed by atoms with Crippen LogP contribution in [0.2, 0.25) is 0 Å². The molecule has 0 aliphatic carbocycles. The Bertz CT molecular complexity index is 1070. The van der Waals surface area contributed by atoms with Crippen LogP contribution < -0.4 is 14.2 Å². The maximum Gasteiger partial charge on any atom is 0.324 e. The molecule has 1 aliphatic heterocycles. The number of benzene rings is 2. The molecule has 3 rings (SSSR count). The third-order valence-electron chi connectivity index (χ3n) is 4.55. The van der Waals surface area contributed by atoms with Crippen molar-refractivity contribution >= 4 is 21.7 Å². The number of carbonyl (C=O) groups excluding carboxylic acids is 1. The summed E-state index contributed by atoms with van der Waals surface area (Å²) in [6.45, 7) is 3.92. The zero-order valence-corrected chi connectivity index (χ0v) is 17.8. The van der Waals surface area contributed by atoms with E-state index in [-0.39, 0.29) is 17.2 Å². The van der Waals surface area contributed by atoms with E-state index >= 15 is 0 Å². The first-order valence-corrected chi connectivity index (χ1v) is 11.0. The van der Waals surface area contributed by atoms with Gasteiger partial charge in [-0.2, -0.15) is 4.72 Å². The van der Waals surface area contributed by atoms with Crippen LogP contribution in [0.1, 0.15) is 19.4 Å². The van der Waals surface area contributed by atoms with Crippen LogP contribution in [-0.2, 0) is 26.2 Å². The Kier molecular flexibility index (Phi) is 6.76. The lowest BCUT2D eigenvalue weighted by molar-refractivity contribution is -0.384. The van der Waals surface area contributed by atoms with Crippen molar-refractivity contribution in [3.8, 4) is 11.5 Å². The molecule has 0 radical (unpaired) electrons. The predicted molar refractivity (Wildman–Crippen MR) is 109 cm³/mol. The van der Waals surface area contributed by atoms with Crippen LogP contribution in [-0.4, -0.2) is 38.6 Å². The third-order valence-corrected chi connectivity index (χ3v) is 5.99. The van der Waals surface area contributed by atoms with Gasteiger partial charge in [0.2, 0.25) is 10.0 Å². The van der Waals surface area contributed by atoms with Crippen molar-refractivity contribution < 1.29 is 32.3 Å². The topological polar surface area (TPSA) is 134 Å². The number of nitro benzene ring substituents is 1. The molecule has 1 atom stereocenters. The van der Waals surface area contributed by atoms with Crippen molar-refractivity contribution in [3.63, 3.8) is 0 Å². The molecule has 0 saturated heterocycles. The lowest BCUT2D eigenvalue weighted by atomic mass is 10.1. The number of non-ortho nitro benzene ring substituents is 1.